The van der Waals surface area contributed by atoms with Gasteiger partial charge >= 0.3 is 0 Å². The summed E-state index contributed by atoms with van der Waals surface area (Å²) in [6, 6.07) is 4.19. The van der Waals surface area contributed by atoms with Gasteiger partial charge in [0.15, 0.2) is 0 Å². The lowest BCUT2D eigenvalue weighted by molar-refractivity contribution is 0.571. The summed E-state index contributed by atoms with van der Waals surface area (Å²) in [4.78, 5) is 0.944. The summed E-state index contributed by atoms with van der Waals surface area (Å²) in [6.07, 6.45) is 1.75. The van der Waals surface area contributed by atoms with Gasteiger partial charge in [-0.3, -0.25) is 4.21 Å². The van der Waals surface area contributed by atoms with Crippen LogP contribution in [0, 0.1) is 6.92 Å². The molecule has 0 spiro atoms. The minimum absolute atomic E-state index is 0.136. The second-order valence-corrected chi connectivity index (χ2v) is 7.44. The van der Waals surface area contributed by atoms with Crippen molar-refractivity contribution in [1.82, 2.24) is 0 Å². The minimum atomic E-state index is -0.901. The summed E-state index contributed by atoms with van der Waals surface area (Å²) < 4.78 is 11.6. The van der Waals surface area contributed by atoms with E-state index in [0.29, 0.717) is 5.92 Å². The molecule has 0 radical (unpaired) electrons. The Hall–Kier alpha value is -0.630. The summed E-state index contributed by atoms with van der Waals surface area (Å²) >= 11 is 0. The van der Waals surface area contributed by atoms with Crippen LogP contribution in [0.15, 0.2) is 17.0 Å². The standard InChI is InChI=1S/C15H24OS/c1-10(2)13-9-12(17(7)16)8-11(3)14(13)15(4,5)6/h8-10H,1-7H3. The molecular weight excluding hydrogens is 228 g/mol. The molecule has 1 aromatic rings. The minimum Gasteiger partial charge on any atom is -0.255 e. The molecule has 1 aromatic carbocycles. The Bertz CT molecular complexity index is 439. The largest absolute Gasteiger partial charge is 0.255 e. The van der Waals surface area contributed by atoms with Crippen molar-refractivity contribution in [1.29, 1.82) is 0 Å². The molecule has 1 unspecified atom stereocenters. The fourth-order valence-electron chi connectivity index (χ4n) is 2.43. The van der Waals surface area contributed by atoms with Crippen molar-refractivity contribution in [2.45, 2.75) is 57.8 Å². The van der Waals surface area contributed by atoms with Crippen LogP contribution in [0.1, 0.15) is 57.2 Å². The lowest BCUT2D eigenvalue weighted by Gasteiger charge is -2.27. The highest BCUT2D eigenvalue weighted by Gasteiger charge is 2.22. The van der Waals surface area contributed by atoms with Gasteiger partial charge in [-0.1, -0.05) is 34.6 Å². The maximum absolute atomic E-state index is 11.6. The highest BCUT2D eigenvalue weighted by atomic mass is 32.2. The van der Waals surface area contributed by atoms with E-state index in [0.717, 1.165) is 4.90 Å². The highest BCUT2D eigenvalue weighted by Crippen LogP contribution is 2.34. The molecule has 17 heavy (non-hydrogen) atoms. The van der Waals surface area contributed by atoms with Gasteiger partial charge in [-0.15, -0.1) is 0 Å². The van der Waals surface area contributed by atoms with Gasteiger partial charge in [0.05, 0.1) is 0 Å². The van der Waals surface area contributed by atoms with Crippen LogP contribution < -0.4 is 0 Å². The quantitative estimate of drug-likeness (QED) is 0.772. The van der Waals surface area contributed by atoms with Crippen LogP contribution in [-0.2, 0) is 16.2 Å². The molecule has 0 fully saturated rings. The lowest BCUT2D eigenvalue weighted by atomic mass is 9.78. The first kappa shape index (κ1) is 14.4. The maximum Gasteiger partial charge on any atom is 0.0498 e. The molecule has 0 aliphatic heterocycles. The van der Waals surface area contributed by atoms with Crippen LogP contribution in [0.25, 0.3) is 0 Å². The van der Waals surface area contributed by atoms with Crippen LogP contribution in [-0.4, -0.2) is 10.5 Å². The molecule has 1 rings (SSSR count). The van der Waals surface area contributed by atoms with Gasteiger partial charge in [0.2, 0.25) is 0 Å². The van der Waals surface area contributed by atoms with Crippen molar-refractivity contribution in [2.24, 2.45) is 0 Å². The van der Waals surface area contributed by atoms with Crippen LogP contribution in [0.4, 0.5) is 0 Å². The van der Waals surface area contributed by atoms with Crippen molar-refractivity contribution < 1.29 is 4.21 Å². The van der Waals surface area contributed by atoms with Gasteiger partial charge in [-0.05, 0) is 47.1 Å². The lowest BCUT2D eigenvalue weighted by Crippen LogP contribution is -2.17. The second kappa shape index (κ2) is 4.93. The normalized spacial score (nSPS) is 14.1. The molecule has 2 heteroatoms. The fraction of sp³-hybridized carbons (Fsp3) is 0.600. The molecule has 0 saturated heterocycles. The number of hydrogen-bond donors (Lipinski definition) is 0. The number of aryl methyl sites for hydroxylation is 1. The van der Waals surface area contributed by atoms with Crippen molar-refractivity contribution in [3.63, 3.8) is 0 Å². The summed E-state index contributed by atoms with van der Waals surface area (Å²) in [7, 11) is -0.901. The average molecular weight is 252 g/mol. The zero-order valence-electron chi connectivity index (χ0n) is 12.0. The number of hydrogen-bond acceptors (Lipinski definition) is 1. The first-order valence-corrected chi connectivity index (χ1v) is 7.69. The average Bonchev–Trinajstić information content (AvgIpc) is 2.13. The molecule has 0 heterocycles. The van der Waals surface area contributed by atoms with Crippen LogP contribution in [0.3, 0.4) is 0 Å². The molecule has 0 aliphatic rings. The second-order valence-electron chi connectivity index (χ2n) is 6.06. The van der Waals surface area contributed by atoms with E-state index in [-0.39, 0.29) is 5.41 Å². The third-order valence-corrected chi connectivity index (χ3v) is 3.94. The summed E-state index contributed by atoms with van der Waals surface area (Å²) in [5.74, 6) is 0.464. The Kier molecular flexibility index (Phi) is 4.19. The molecule has 1 nitrogen and oxygen atoms in total. The van der Waals surface area contributed by atoms with Gasteiger partial charge in [0.25, 0.3) is 0 Å². The Labute approximate surface area is 108 Å². The van der Waals surface area contributed by atoms with Gasteiger partial charge in [-0.25, -0.2) is 0 Å². The number of rotatable bonds is 2. The van der Waals surface area contributed by atoms with Gasteiger partial charge < -0.3 is 0 Å². The van der Waals surface area contributed by atoms with Crippen molar-refractivity contribution in [3.8, 4) is 0 Å². The molecule has 0 saturated carbocycles. The van der Waals surface area contributed by atoms with E-state index in [1.165, 1.54) is 16.7 Å². The Balaban J connectivity index is 3.55. The van der Waals surface area contributed by atoms with Crippen LogP contribution >= 0.6 is 0 Å². The van der Waals surface area contributed by atoms with Gasteiger partial charge in [0, 0.05) is 22.0 Å². The summed E-state index contributed by atoms with van der Waals surface area (Å²) in [5.41, 5.74) is 4.13. The van der Waals surface area contributed by atoms with E-state index in [9.17, 15) is 4.21 Å². The predicted octanol–water partition coefficient (Wildman–Crippen LogP) is 4.15. The van der Waals surface area contributed by atoms with Gasteiger partial charge in [0.1, 0.15) is 0 Å². The smallest absolute Gasteiger partial charge is 0.0498 e. The Morgan fingerprint density at radius 1 is 1.18 bits per heavy atom. The third kappa shape index (κ3) is 3.19. The highest BCUT2D eigenvalue weighted by molar-refractivity contribution is 7.84. The summed E-state index contributed by atoms with van der Waals surface area (Å²) in [5, 5.41) is 0. The number of benzene rings is 1. The Morgan fingerprint density at radius 2 is 1.71 bits per heavy atom. The third-order valence-electron chi connectivity index (χ3n) is 3.04. The maximum atomic E-state index is 11.6. The van der Waals surface area contributed by atoms with Crippen molar-refractivity contribution in [2.75, 3.05) is 6.26 Å². The van der Waals surface area contributed by atoms with Gasteiger partial charge in [-0.2, -0.15) is 0 Å². The van der Waals surface area contributed by atoms with Crippen molar-refractivity contribution >= 4 is 10.8 Å². The van der Waals surface area contributed by atoms with E-state index in [2.05, 4.69) is 53.7 Å². The van der Waals surface area contributed by atoms with E-state index >= 15 is 0 Å². The molecule has 96 valence electrons. The van der Waals surface area contributed by atoms with Crippen molar-refractivity contribution in [3.05, 3.63) is 28.8 Å². The molecule has 0 N–H and O–H groups in total. The predicted molar refractivity (Wildman–Crippen MR) is 76.3 cm³/mol. The summed E-state index contributed by atoms with van der Waals surface area (Å²) in [6.45, 7) is 13.2. The van der Waals surface area contributed by atoms with E-state index in [4.69, 9.17) is 0 Å². The Morgan fingerprint density at radius 3 is 2.06 bits per heavy atom. The van der Waals surface area contributed by atoms with E-state index in [1.54, 1.807) is 6.26 Å². The van der Waals surface area contributed by atoms with Crippen LogP contribution in [0.2, 0.25) is 0 Å². The zero-order chi connectivity index (χ0) is 13.4. The van der Waals surface area contributed by atoms with E-state index < -0.39 is 10.8 Å². The van der Waals surface area contributed by atoms with Crippen LogP contribution in [0.5, 0.6) is 0 Å². The monoisotopic (exact) mass is 252 g/mol. The molecule has 1 atom stereocenters. The molecule has 0 amide bonds. The first-order valence-electron chi connectivity index (χ1n) is 6.13. The molecule has 0 aromatic heterocycles. The topological polar surface area (TPSA) is 17.1 Å². The zero-order valence-corrected chi connectivity index (χ0v) is 12.9. The molecule has 0 aliphatic carbocycles. The first-order chi connectivity index (χ1) is 7.64. The van der Waals surface area contributed by atoms with E-state index in [1.807, 2.05) is 0 Å². The SMILES string of the molecule is Cc1cc(S(C)=O)cc(C(C)C)c1C(C)(C)C. The fourth-order valence-corrected chi connectivity index (χ4v) is 3.06. The molecule has 0 bridgehead atoms. The molecular formula is C15H24OS.